The Bertz CT molecular complexity index is 530. The van der Waals surface area contributed by atoms with Gasteiger partial charge in [0, 0.05) is 21.3 Å². The van der Waals surface area contributed by atoms with Gasteiger partial charge in [-0.2, -0.15) is 5.26 Å². The van der Waals surface area contributed by atoms with E-state index in [2.05, 4.69) is 49.7 Å². The van der Waals surface area contributed by atoms with Crippen LogP contribution < -0.4 is 10.5 Å². The fourth-order valence-electron chi connectivity index (χ4n) is 3.25. The molecule has 0 atom stereocenters. The first kappa shape index (κ1) is 14.4. The van der Waals surface area contributed by atoms with Crippen LogP contribution in [0, 0.1) is 22.2 Å². The quantitative estimate of drug-likeness (QED) is 0.907. The van der Waals surface area contributed by atoms with E-state index in [1.807, 2.05) is 12.1 Å². The minimum absolute atomic E-state index is 0.0517. The highest BCUT2D eigenvalue weighted by Crippen LogP contribution is 2.54. The van der Waals surface area contributed by atoms with Crippen molar-refractivity contribution in [1.29, 1.82) is 5.26 Å². The van der Waals surface area contributed by atoms with Gasteiger partial charge in [0.1, 0.15) is 17.9 Å². The Morgan fingerprint density at radius 3 is 2.32 bits per heavy atom. The first-order chi connectivity index (χ1) is 8.71. The highest BCUT2D eigenvalue weighted by atomic mass is 79.9. The van der Waals surface area contributed by atoms with Crippen molar-refractivity contribution < 1.29 is 4.74 Å². The number of ether oxygens (including phenoxy) is 1. The second-order valence-electron chi connectivity index (χ2n) is 6.37. The van der Waals surface area contributed by atoms with Crippen molar-refractivity contribution in [3.05, 3.63) is 28.2 Å². The zero-order chi connectivity index (χ0) is 14.4. The molecule has 1 fully saturated rings. The molecule has 3 nitrogen and oxygen atoms in total. The molecule has 1 saturated carbocycles. The number of halogens is 1. The molecule has 4 heteroatoms. The normalized spacial score (nSPS) is 27.2. The lowest BCUT2D eigenvalue weighted by molar-refractivity contribution is -0.155. The average molecular weight is 323 g/mol. The molecule has 1 aliphatic rings. The second-order valence-corrected chi connectivity index (χ2v) is 7.23. The van der Waals surface area contributed by atoms with Gasteiger partial charge in [-0.25, -0.2) is 0 Å². The van der Waals surface area contributed by atoms with Gasteiger partial charge in [-0.1, -0.05) is 27.7 Å². The van der Waals surface area contributed by atoms with Gasteiger partial charge in [0.25, 0.3) is 0 Å². The molecule has 0 aliphatic heterocycles. The van der Waals surface area contributed by atoms with Gasteiger partial charge in [-0.05, 0) is 34.1 Å². The van der Waals surface area contributed by atoms with Crippen molar-refractivity contribution in [3.8, 4) is 11.8 Å². The number of hydrogen-bond donors (Lipinski definition) is 1. The van der Waals surface area contributed by atoms with E-state index < -0.39 is 0 Å². The lowest BCUT2D eigenvalue weighted by Crippen LogP contribution is -2.72. The van der Waals surface area contributed by atoms with E-state index in [4.69, 9.17) is 15.7 Å². The topological polar surface area (TPSA) is 59.0 Å². The van der Waals surface area contributed by atoms with Crippen LogP contribution in [-0.2, 0) is 0 Å². The molecular formula is C15H19BrN2O. The molecule has 0 spiro atoms. The lowest BCUT2D eigenvalue weighted by Gasteiger charge is -2.61. The molecule has 0 bridgehead atoms. The third-order valence-electron chi connectivity index (χ3n) is 4.27. The molecule has 2 rings (SSSR count). The maximum absolute atomic E-state index is 8.91. The summed E-state index contributed by atoms with van der Waals surface area (Å²) in [5.74, 6) is 0.768. The number of nitriles is 1. The van der Waals surface area contributed by atoms with Crippen molar-refractivity contribution in [2.75, 3.05) is 0 Å². The molecule has 0 saturated heterocycles. The molecule has 0 unspecified atom stereocenters. The third kappa shape index (κ3) is 2.15. The predicted molar refractivity (Wildman–Crippen MR) is 78.8 cm³/mol. The summed E-state index contributed by atoms with van der Waals surface area (Å²) < 4.78 is 6.87. The Morgan fingerprint density at radius 2 is 1.84 bits per heavy atom. The summed E-state index contributed by atoms with van der Waals surface area (Å²) in [6.07, 6.45) is 0.0647. The van der Waals surface area contributed by atoms with Crippen LogP contribution in [0.4, 0.5) is 0 Å². The van der Waals surface area contributed by atoms with E-state index in [1.165, 1.54) is 0 Å². The Morgan fingerprint density at radius 1 is 1.26 bits per heavy atom. The third-order valence-corrected chi connectivity index (χ3v) is 4.93. The van der Waals surface area contributed by atoms with Crippen LogP contribution in [0.5, 0.6) is 5.75 Å². The monoisotopic (exact) mass is 322 g/mol. The van der Waals surface area contributed by atoms with Crippen LogP contribution in [0.25, 0.3) is 0 Å². The minimum Gasteiger partial charge on any atom is -0.489 e. The predicted octanol–water partition coefficient (Wildman–Crippen LogP) is 3.46. The fourth-order valence-corrected chi connectivity index (χ4v) is 3.69. The Balaban J connectivity index is 2.23. The number of rotatable bonds is 2. The molecular weight excluding hydrogens is 304 g/mol. The van der Waals surface area contributed by atoms with E-state index in [9.17, 15) is 0 Å². The number of nitrogens with two attached hydrogens (primary N) is 1. The Hall–Kier alpha value is -1.05. The van der Waals surface area contributed by atoms with Crippen molar-refractivity contribution in [2.45, 2.75) is 39.8 Å². The molecule has 1 aromatic carbocycles. The molecule has 0 radical (unpaired) electrons. The van der Waals surface area contributed by atoms with Crippen molar-refractivity contribution >= 4 is 15.9 Å². The van der Waals surface area contributed by atoms with E-state index in [0.29, 0.717) is 5.56 Å². The van der Waals surface area contributed by atoms with Crippen LogP contribution >= 0.6 is 15.9 Å². The molecule has 19 heavy (non-hydrogen) atoms. The number of nitrogens with zero attached hydrogens (tertiary/aromatic N) is 1. The number of hydrogen-bond acceptors (Lipinski definition) is 3. The smallest absolute Gasteiger partial charge is 0.120 e. The first-order valence-electron chi connectivity index (χ1n) is 6.33. The highest BCUT2D eigenvalue weighted by molar-refractivity contribution is 9.10. The lowest BCUT2D eigenvalue weighted by atomic mass is 9.50. The largest absolute Gasteiger partial charge is 0.489 e. The summed E-state index contributed by atoms with van der Waals surface area (Å²) in [5, 5.41) is 8.91. The molecule has 1 aliphatic carbocycles. The molecule has 102 valence electrons. The summed E-state index contributed by atoms with van der Waals surface area (Å²) in [6, 6.07) is 7.67. The van der Waals surface area contributed by atoms with Crippen LogP contribution in [0.1, 0.15) is 33.3 Å². The van der Waals surface area contributed by atoms with Crippen LogP contribution in [-0.4, -0.2) is 12.1 Å². The molecule has 0 aromatic heterocycles. The Kier molecular flexibility index (Phi) is 3.40. The van der Waals surface area contributed by atoms with Gasteiger partial charge < -0.3 is 10.5 Å². The summed E-state index contributed by atoms with van der Waals surface area (Å²) in [5.41, 5.74) is 6.73. The van der Waals surface area contributed by atoms with Crippen LogP contribution in [0.3, 0.4) is 0 Å². The highest BCUT2D eigenvalue weighted by Gasteiger charge is 2.61. The maximum Gasteiger partial charge on any atom is 0.120 e. The summed E-state index contributed by atoms with van der Waals surface area (Å²) in [4.78, 5) is 0. The van der Waals surface area contributed by atoms with Crippen molar-refractivity contribution in [1.82, 2.24) is 0 Å². The standard InChI is InChI=1S/C15H19BrN2O/c1-14(2)12(18)15(3,4)13(14)19-10-6-5-9(8-17)11(16)7-10/h5-7,12-13H,18H2,1-4H3. The summed E-state index contributed by atoms with van der Waals surface area (Å²) >= 11 is 3.38. The SMILES string of the molecule is CC1(C)C(N)C(C)(C)C1Oc1ccc(C#N)c(Br)c1. The van der Waals surface area contributed by atoms with E-state index in [0.717, 1.165) is 10.2 Å². The van der Waals surface area contributed by atoms with Gasteiger partial charge in [0.15, 0.2) is 0 Å². The summed E-state index contributed by atoms with van der Waals surface area (Å²) in [6.45, 7) is 8.52. The van der Waals surface area contributed by atoms with Gasteiger partial charge >= 0.3 is 0 Å². The minimum atomic E-state index is -0.0517. The zero-order valence-corrected chi connectivity index (χ0v) is 13.3. The first-order valence-corrected chi connectivity index (χ1v) is 7.12. The fraction of sp³-hybridized carbons (Fsp3) is 0.533. The second kappa shape index (κ2) is 4.50. The zero-order valence-electron chi connectivity index (χ0n) is 11.7. The molecule has 0 heterocycles. The molecule has 1 aromatic rings. The van der Waals surface area contributed by atoms with Gasteiger partial charge in [-0.15, -0.1) is 0 Å². The average Bonchev–Trinajstić information content (AvgIpc) is 2.34. The van der Waals surface area contributed by atoms with Gasteiger partial charge in [-0.3, -0.25) is 0 Å². The Labute approximate surface area is 122 Å². The van der Waals surface area contributed by atoms with Gasteiger partial charge in [0.05, 0.1) is 5.56 Å². The van der Waals surface area contributed by atoms with E-state index in [-0.39, 0.29) is 23.0 Å². The van der Waals surface area contributed by atoms with Crippen molar-refractivity contribution in [3.63, 3.8) is 0 Å². The maximum atomic E-state index is 8.91. The van der Waals surface area contributed by atoms with Crippen LogP contribution in [0.15, 0.2) is 22.7 Å². The molecule has 2 N–H and O–H groups in total. The summed E-state index contributed by atoms with van der Waals surface area (Å²) in [7, 11) is 0. The number of benzene rings is 1. The van der Waals surface area contributed by atoms with E-state index in [1.54, 1.807) is 6.07 Å². The van der Waals surface area contributed by atoms with Gasteiger partial charge in [0.2, 0.25) is 0 Å². The van der Waals surface area contributed by atoms with Crippen molar-refractivity contribution in [2.24, 2.45) is 16.6 Å². The molecule has 0 amide bonds. The van der Waals surface area contributed by atoms with Crippen LogP contribution in [0.2, 0.25) is 0 Å². The van der Waals surface area contributed by atoms with E-state index >= 15 is 0 Å².